The average molecular weight is 331 g/mol. The van der Waals surface area contributed by atoms with E-state index in [9.17, 15) is 14.7 Å². The molecule has 2 bridgehead atoms. The SMILES string of the molecule is C=C1CC[C@@H]2CC[C@H]3C(=O)N/C(=C/[C@@H](C)CC(=O)C1)[C@@]3(O)C2(C)C. The standard InChI is InChI=1S/C20H29NO3/c1-12-5-6-14-7-8-16-18(23)21-17(20(16,24)19(14,3)4)11-13(2)10-15(22)9-12/h11,13-14,16,24H,1,5-10H2,2-4H3,(H,21,23)/b17-11+/t13-,14+,16-,20+/m0/s1. The molecule has 3 rings (SSSR count). The molecule has 4 heteroatoms. The molecule has 2 N–H and O–H groups in total. The number of hydrogen-bond acceptors (Lipinski definition) is 3. The number of ketones is 1. The van der Waals surface area contributed by atoms with Gasteiger partial charge in [-0.05, 0) is 37.5 Å². The highest BCUT2D eigenvalue weighted by Gasteiger charge is 2.63. The molecule has 0 spiro atoms. The molecule has 2 aliphatic carbocycles. The van der Waals surface area contributed by atoms with E-state index in [4.69, 9.17) is 0 Å². The van der Waals surface area contributed by atoms with Crippen LogP contribution in [0.4, 0.5) is 0 Å². The first-order valence-electron chi connectivity index (χ1n) is 9.10. The molecule has 2 fully saturated rings. The molecule has 1 saturated carbocycles. The number of rotatable bonds is 0. The van der Waals surface area contributed by atoms with Crippen molar-refractivity contribution in [3.63, 3.8) is 0 Å². The van der Waals surface area contributed by atoms with Gasteiger partial charge in [0.2, 0.25) is 5.91 Å². The molecule has 0 unspecified atom stereocenters. The third-order valence-corrected chi connectivity index (χ3v) is 6.59. The van der Waals surface area contributed by atoms with Gasteiger partial charge in [0.15, 0.2) is 0 Å². The van der Waals surface area contributed by atoms with E-state index in [0.29, 0.717) is 30.9 Å². The molecule has 1 saturated heterocycles. The van der Waals surface area contributed by atoms with Crippen LogP contribution in [0.5, 0.6) is 0 Å². The number of allylic oxidation sites excluding steroid dienone is 2. The van der Waals surface area contributed by atoms with Crippen molar-refractivity contribution in [1.29, 1.82) is 0 Å². The predicted molar refractivity (Wildman–Crippen MR) is 92.9 cm³/mol. The first kappa shape index (κ1) is 17.4. The molecule has 1 amide bonds. The third kappa shape index (κ3) is 2.55. The van der Waals surface area contributed by atoms with Crippen molar-refractivity contribution in [2.75, 3.05) is 0 Å². The smallest absolute Gasteiger partial charge is 0.230 e. The Morgan fingerprint density at radius 1 is 1.25 bits per heavy atom. The van der Waals surface area contributed by atoms with Crippen LogP contribution in [-0.4, -0.2) is 22.4 Å². The first-order valence-corrected chi connectivity index (χ1v) is 9.10. The van der Waals surface area contributed by atoms with Gasteiger partial charge in [-0.2, -0.15) is 0 Å². The maximum atomic E-state index is 12.5. The summed E-state index contributed by atoms with van der Waals surface area (Å²) in [6, 6.07) is 0. The van der Waals surface area contributed by atoms with Crippen molar-refractivity contribution in [2.24, 2.45) is 23.2 Å². The Balaban J connectivity index is 2.07. The van der Waals surface area contributed by atoms with Crippen LogP contribution in [-0.2, 0) is 9.59 Å². The van der Waals surface area contributed by atoms with Gasteiger partial charge in [-0.1, -0.05) is 39.0 Å². The van der Waals surface area contributed by atoms with Crippen molar-refractivity contribution in [3.8, 4) is 0 Å². The summed E-state index contributed by atoms with van der Waals surface area (Å²) in [5.41, 5.74) is 0.0454. The zero-order chi connectivity index (χ0) is 17.7. The van der Waals surface area contributed by atoms with Crippen LogP contribution in [0.3, 0.4) is 0 Å². The maximum absolute atomic E-state index is 12.5. The highest BCUT2D eigenvalue weighted by Crippen LogP contribution is 2.57. The van der Waals surface area contributed by atoms with Gasteiger partial charge < -0.3 is 10.4 Å². The van der Waals surface area contributed by atoms with Gasteiger partial charge in [0.1, 0.15) is 11.4 Å². The predicted octanol–water partition coefficient (Wildman–Crippen LogP) is 3.12. The van der Waals surface area contributed by atoms with E-state index in [2.05, 4.69) is 25.7 Å². The quantitative estimate of drug-likeness (QED) is 0.670. The summed E-state index contributed by atoms with van der Waals surface area (Å²) >= 11 is 0. The summed E-state index contributed by atoms with van der Waals surface area (Å²) in [7, 11) is 0. The zero-order valence-corrected chi connectivity index (χ0v) is 15.0. The van der Waals surface area contributed by atoms with E-state index >= 15 is 0 Å². The van der Waals surface area contributed by atoms with Crippen molar-refractivity contribution >= 4 is 11.7 Å². The number of aliphatic hydroxyl groups is 1. The summed E-state index contributed by atoms with van der Waals surface area (Å²) in [6.07, 6.45) is 6.14. The second-order valence-electron chi connectivity index (χ2n) is 8.57. The van der Waals surface area contributed by atoms with Crippen molar-refractivity contribution in [2.45, 2.75) is 64.9 Å². The van der Waals surface area contributed by atoms with Crippen LogP contribution in [0.25, 0.3) is 0 Å². The first-order chi connectivity index (χ1) is 11.2. The zero-order valence-electron chi connectivity index (χ0n) is 15.0. The Kier molecular flexibility index (Phi) is 4.23. The number of carbonyl (C=O) groups is 2. The number of fused-ring (bicyclic) bond motifs is 1. The molecule has 1 aliphatic heterocycles. The Hall–Kier alpha value is -1.42. The van der Waals surface area contributed by atoms with Crippen LogP contribution < -0.4 is 5.32 Å². The second kappa shape index (κ2) is 5.83. The van der Waals surface area contributed by atoms with E-state index in [1.807, 2.05) is 13.0 Å². The monoisotopic (exact) mass is 331 g/mol. The van der Waals surface area contributed by atoms with Crippen LogP contribution in [0, 0.1) is 23.2 Å². The molecular weight excluding hydrogens is 302 g/mol. The van der Waals surface area contributed by atoms with Crippen LogP contribution in [0.1, 0.15) is 59.3 Å². The van der Waals surface area contributed by atoms with E-state index in [0.717, 1.165) is 24.8 Å². The summed E-state index contributed by atoms with van der Waals surface area (Å²) in [5, 5.41) is 14.6. The normalized spacial score (nSPS) is 41.8. The number of amides is 1. The molecule has 0 aromatic heterocycles. The molecule has 0 aromatic rings. The van der Waals surface area contributed by atoms with E-state index in [1.165, 1.54) is 0 Å². The van der Waals surface area contributed by atoms with Crippen LogP contribution in [0.15, 0.2) is 23.9 Å². The molecule has 132 valence electrons. The molecular formula is C20H29NO3. The fraction of sp³-hybridized carbons (Fsp3) is 0.700. The Bertz CT molecular complexity index is 618. The van der Waals surface area contributed by atoms with Crippen molar-refractivity contribution in [3.05, 3.63) is 23.9 Å². The lowest BCUT2D eigenvalue weighted by atomic mass is 9.54. The summed E-state index contributed by atoms with van der Waals surface area (Å²) in [5.74, 6) is 0.00902. The lowest BCUT2D eigenvalue weighted by Gasteiger charge is -2.52. The molecule has 1 heterocycles. The number of Topliss-reactive ketones (excluding diaryl/α,β-unsaturated/α-hetero) is 1. The Labute approximate surface area is 144 Å². The minimum atomic E-state index is -1.16. The lowest BCUT2D eigenvalue weighted by molar-refractivity contribution is -0.148. The molecule has 3 aliphatic rings. The van der Waals surface area contributed by atoms with Crippen molar-refractivity contribution in [1.82, 2.24) is 5.32 Å². The van der Waals surface area contributed by atoms with Gasteiger partial charge in [-0.3, -0.25) is 9.59 Å². The van der Waals surface area contributed by atoms with Crippen LogP contribution in [0.2, 0.25) is 0 Å². The Morgan fingerprint density at radius 3 is 2.67 bits per heavy atom. The minimum Gasteiger partial charge on any atom is -0.382 e. The minimum absolute atomic E-state index is 0.0148. The average Bonchev–Trinajstić information content (AvgIpc) is 2.70. The highest BCUT2D eigenvalue weighted by molar-refractivity contribution is 5.87. The third-order valence-electron chi connectivity index (χ3n) is 6.59. The van der Waals surface area contributed by atoms with Crippen molar-refractivity contribution < 1.29 is 14.7 Å². The molecule has 0 radical (unpaired) electrons. The van der Waals surface area contributed by atoms with Gasteiger partial charge in [0.25, 0.3) is 0 Å². The number of hydrogen-bond donors (Lipinski definition) is 2. The summed E-state index contributed by atoms with van der Waals surface area (Å²) in [6.45, 7) is 10.2. The molecule has 4 nitrogen and oxygen atoms in total. The van der Waals surface area contributed by atoms with E-state index < -0.39 is 11.0 Å². The number of carbonyl (C=O) groups excluding carboxylic acids is 2. The number of nitrogens with one attached hydrogen (secondary N) is 1. The van der Waals surface area contributed by atoms with Crippen LogP contribution >= 0.6 is 0 Å². The van der Waals surface area contributed by atoms with E-state index in [1.54, 1.807) is 0 Å². The fourth-order valence-corrected chi connectivity index (χ4v) is 5.06. The summed E-state index contributed by atoms with van der Waals surface area (Å²) < 4.78 is 0. The fourth-order valence-electron chi connectivity index (χ4n) is 5.06. The Morgan fingerprint density at radius 2 is 1.96 bits per heavy atom. The maximum Gasteiger partial charge on any atom is 0.230 e. The second-order valence-corrected chi connectivity index (χ2v) is 8.57. The van der Waals surface area contributed by atoms with E-state index in [-0.39, 0.29) is 23.5 Å². The van der Waals surface area contributed by atoms with Gasteiger partial charge in [0, 0.05) is 24.0 Å². The molecule has 4 atom stereocenters. The molecule has 24 heavy (non-hydrogen) atoms. The lowest BCUT2D eigenvalue weighted by Crippen LogP contribution is -2.57. The van der Waals surface area contributed by atoms with Gasteiger partial charge >= 0.3 is 0 Å². The summed E-state index contributed by atoms with van der Waals surface area (Å²) in [4.78, 5) is 24.7. The highest BCUT2D eigenvalue weighted by atomic mass is 16.3. The van der Waals surface area contributed by atoms with Gasteiger partial charge in [-0.15, -0.1) is 0 Å². The van der Waals surface area contributed by atoms with Gasteiger partial charge in [-0.25, -0.2) is 0 Å². The topological polar surface area (TPSA) is 66.4 Å². The largest absolute Gasteiger partial charge is 0.382 e. The van der Waals surface area contributed by atoms with Gasteiger partial charge in [0.05, 0.1) is 5.92 Å². The molecule has 0 aromatic carbocycles.